The van der Waals surface area contributed by atoms with Crippen LogP contribution in [0.25, 0.3) is 0 Å². The topological polar surface area (TPSA) is 92.4 Å². The largest absolute Gasteiger partial charge is 0.481 e. The average Bonchev–Trinajstić information content (AvgIpc) is 2.65. The summed E-state index contributed by atoms with van der Waals surface area (Å²) in [6.07, 6.45) is 3.76. The quantitative estimate of drug-likeness (QED) is 0.559. The molecule has 5 heteroatoms. The summed E-state index contributed by atoms with van der Waals surface area (Å²) >= 11 is 0. The van der Waals surface area contributed by atoms with E-state index in [1.165, 1.54) is 0 Å². The minimum Gasteiger partial charge on any atom is -0.481 e. The molecule has 3 atom stereocenters. The van der Waals surface area contributed by atoms with Crippen molar-refractivity contribution in [3.8, 4) is 0 Å². The van der Waals surface area contributed by atoms with Crippen molar-refractivity contribution in [2.75, 3.05) is 6.54 Å². The number of carbonyl (C=O) groups is 2. The van der Waals surface area contributed by atoms with E-state index in [4.69, 9.17) is 10.8 Å². The van der Waals surface area contributed by atoms with E-state index in [0.717, 1.165) is 0 Å². The van der Waals surface area contributed by atoms with Crippen molar-refractivity contribution in [2.24, 2.45) is 17.6 Å². The normalized spacial score (nSPS) is 26.3. The molecule has 0 aromatic carbocycles. The molecule has 0 saturated carbocycles. The molecule has 1 amide bonds. The third-order valence-electron chi connectivity index (χ3n) is 2.53. The smallest absolute Gasteiger partial charge is 0.310 e. The third kappa shape index (κ3) is 3.06. The highest BCUT2D eigenvalue weighted by atomic mass is 16.4. The second kappa shape index (κ2) is 4.93. The number of aliphatic carboxylic acids is 1. The van der Waals surface area contributed by atoms with Gasteiger partial charge in [-0.2, -0.15) is 0 Å². The van der Waals surface area contributed by atoms with Crippen LogP contribution in [0.2, 0.25) is 0 Å². The summed E-state index contributed by atoms with van der Waals surface area (Å²) in [5, 5.41) is 11.5. The Morgan fingerprint density at radius 1 is 1.60 bits per heavy atom. The average molecular weight is 212 g/mol. The Bertz CT molecular complexity index is 288. The van der Waals surface area contributed by atoms with E-state index in [1.807, 2.05) is 0 Å². The van der Waals surface area contributed by atoms with Gasteiger partial charge in [-0.05, 0) is 6.42 Å². The van der Waals surface area contributed by atoms with Crippen LogP contribution in [0.1, 0.15) is 13.3 Å². The minimum atomic E-state index is -0.852. The van der Waals surface area contributed by atoms with Crippen molar-refractivity contribution in [3.63, 3.8) is 0 Å². The molecule has 84 valence electrons. The van der Waals surface area contributed by atoms with E-state index in [2.05, 4.69) is 5.32 Å². The number of amides is 1. The first-order valence-electron chi connectivity index (χ1n) is 4.96. The second-order valence-electron chi connectivity index (χ2n) is 3.82. The van der Waals surface area contributed by atoms with E-state index < -0.39 is 11.9 Å². The zero-order valence-corrected chi connectivity index (χ0v) is 8.64. The van der Waals surface area contributed by atoms with E-state index >= 15 is 0 Å². The monoisotopic (exact) mass is 212 g/mol. The summed E-state index contributed by atoms with van der Waals surface area (Å²) in [5.74, 6) is -1.70. The van der Waals surface area contributed by atoms with Crippen LogP contribution in [-0.2, 0) is 9.59 Å². The van der Waals surface area contributed by atoms with Gasteiger partial charge in [0, 0.05) is 18.5 Å². The molecule has 1 rings (SSSR count). The van der Waals surface area contributed by atoms with Gasteiger partial charge < -0.3 is 16.2 Å². The van der Waals surface area contributed by atoms with Crippen LogP contribution in [-0.4, -0.2) is 29.6 Å². The standard InChI is InChI=1S/C10H16N2O3/c1-6(5-11)9(13)12-8-3-2-7(4-8)10(14)15/h2-3,6-8H,4-5,11H2,1H3,(H,12,13)(H,14,15). The van der Waals surface area contributed by atoms with Gasteiger partial charge >= 0.3 is 5.97 Å². The first-order valence-corrected chi connectivity index (χ1v) is 4.96. The lowest BCUT2D eigenvalue weighted by Crippen LogP contribution is -2.39. The molecule has 0 aromatic rings. The number of nitrogens with one attached hydrogen (secondary N) is 1. The van der Waals surface area contributed by atoms with Gasteiger partial charge in [-0.1, -0.05) is 19.1 Å². The lowest BCUT2D eigenvalue weighted by atomic mass is 10.1. The Balaban J connectivity index is 2.40. The van der Waals surface area contributed by atoms with Gasteiger partial charge in [0.1, 0.15) is 0 Å². The molecule has 0 spiro atoms. The van der Waals surface area contributed by atoms with E-state index in [1.54, 1.807) is 19.1 Å². The number of nitrogens with two attached hydrogens (primary N) is 1. The predicted molar refractivity (Wildman–Crippen MR) is 55.0 cm³/mol. The van der Waals surface area contributed by atoms with E-state index in [9.17, 15) is 9.59 Å². The van der Waals surface area contributed by atoms with Crippen LogP contribution in [0.5, 0.6) is 0 Å². The number of hydrogen-bond acceptors (Lipinski definition) is 3. The SMILES string of the molecule is CC(CN)C(=O)NC1C=CC(C(=O)O)C1. The molecule has 15 heavy (non-hydrogen) atoms. The van der Waals surface area contributed by atoms with Crippen LogP contribution < -0.4 is 11.1 Å². The zero-order valence-electron chi connectivity index (χ0n) is 8.64. The summed E-state index contributed by atoms with van der Waals surface area (Å²) in [6, 6.07) is -0.174. The fourth-order valence-corrected chi connectivity index (χ4v) is 1.42. The van der Waals surface area contributed by atoms with Crippen molar-refractivity contribution >= 4 is 11.9 Å². The Morgan fingerprint density at radius 3 is 2.73 bits per heavy atom. The molecule has 1 aliphatic carbocycles. The van der Waals surface area contributed by atoms with Crippen LogP contribution in [0.15, 0.2) is 12.2 Å². The maximum absolute atomic E-state index is 11.4. The molecule has 0 radical (unpaired) electrons. The lowest BCUT2D eigenvalue weighted by molar-refractivity contribution is -0.140. The molecular weight excluding hydrogens is 196 g/mol. The molecule has 0 saturated heterocycles. The highest BCUT2D eigenvalue weighted by molar-refractivity contribution is 5.79. The van der Waals surface area contributed by atoms with Gasteiger partial charge in [0.15, 0.2) is 0 Å². The Labute approximate surface area is 88.3 Å². The van der Waals surface area contributed by atoms with Crippen LogP contribution in [0.4, 0.5) is 0 Å². The van der Waals surface area contributed by atoms with Crippen molar-refractivity contribution < 1.29 is 14.7 Å². The van der Waals surface area contributed by atoms with Gasteiger partial charge in [0.05, 0.1) is 5.92 Å². The molecule has 0 aliphatic heterocycles. The molecule has 0 bridgehead atoms. The minimum absolute atomic E-state index is 0.127. The fourth-order valence-electron chi connectivity index (χ4n) is 1.42. The van der Waals surface area contributed by atoms with Crippen LogP contribution in [0, 0.1) is 11.8 Å². The molecule has 4 N–H and O–H groups in total. The molecule has 0 heterocycles. The fraction of sp³-hybridized carbons (Fsp3) is 0.600. The van der Waals surface area contributed by atoms with Gasteiger partial charge in [-0.25, -0.2) is 0 Å². The number of carboxylic acid groups (broad SMARTS) is 1. The summed E-state index contributed by atoms with van der Waals surface area (Å²) in [5.41, 5.74) is 5.35. The number of carboxylic acids is 1. The Morgan fingerprint density at radius 2 is 2.27 bits per heavy atom. The van der Waals surface area contributed by atoms with Crippen LogP contribution in [0.3, 0.4) is 0 Å². The lowest BCUT2D eigenvalue weighted by Gasteiger charge is -2.15. The maximum atomic E-state index is 11.4. The molecule has 1 aliphatic rings. The summed E-state index contributed by atoms with van der Waals surface area (Å²) < 4.78 is 0. The van der Waals surface area contributed by atoms with E-state index in [0.29, 0.717) is 13.0 Å². The van der Waals surface area contributed by atoms with E-state index in [-0.39, 0.29) is 17.9 Å². The van der Waals surface area contributed by atoms with Gasteiger partial charge in [-0.3, -0.25) is 9.59 Å². The first-order chi connectivity index (χ1) is 7.04. The highest BCUT2D eigenvalue weighted by Gasteiger charge is 2.26. The second-order valence-corrected chi connectivity index (χ2v) is 3.82. The van der Waals surface area contributed by atoms with Crippen molar-refractivity contribution in [3.05, 3.63) is 12.2 Å². The van der Waals surface area contributed by atoms with Crippen molar-refractivity contribution in [2.45, 2.75) is 19.4 Å². The molecule has 5 nitrogen and oxygen atoms in total. The Kier molecular flexibility index (Phi) is 3.85. The van der Waals surface area contributed by atoms with Gasteiger partial charge in [0.2, 0.25) is 5.91 Å². The molecular formula is C10H16N2O3. The molecule has 3 unspecified atom stereocenters. The summed E-state index contributed by atoms with van der Waals surface area (Å²) in [6.45, 7) is 2.04. The Hall–Kier alpha value is -1.36. The van der Waals surface area contributed by atoms with Crippen molar-refractivity contribution in [1.82, 2.24) is 5.32 Å². The summed E-state index contributed by atoms with van der Waals surface area (Å²) in [7, 11) is 0. The first kappa shape index (κ1) is 11.7. The zero-order chi connectivity index (χ0) is 11.4. The number of carbonyl (C=O) groups excluding carboxylic acids is 1. The van der Waals surface area contributed by atoms with Crippen LogP contribution >= 0.6 is 0 Å². The molecule has 0 fully saturated rings. The highest BCUT2D eigenvalue weighted by Crippen LogP contribution is 2.18. The maximum Gasteiger partial charge on any atom is 0.310 e. The number of rotatable bonds is 4. The molecule has 0 aromatic heterocycles. The predicted octanol–water partition coefficient (Wildman–Crippen LogP) is -0.273. The van der Waals surface area contributed by atoms with Crippen molar-refractivity contribution in [1.29, 1.82) is 0 Å². The van der Waals surface area contributed by atoms with Gasteiger partial charge in [0.25, 0.3) is 0 Å². The van der Waals surface area contributed by atoms with Gasteiger partial charge in [-0.15, -0.1) is 0 Å². The third-order valence-corrected chi connectivity index (χ3v) is 2.53. The number of hydrogen-bond donors (Lipinski definition) is 3. The summed E-state index contributed by atoms with van der Waals surface area (Å²) in [4.78, 5) is 22.1.